The third kappa shape index (κ3) is 3.76. The lowest BCUT2D eigenvalue weighted by Crippen LogP contribution is -2.28. The van der Waals surface area contributed by atoms with Gasteiger partial charge in [0.15, 0.2) is 0 Å². The molecule has 1 aromatic heterocycles. The first kappa shape index (κ1) is 17.7. The highest BCUT2D eigenvalue weighted by Crippen LogP contribution is 2.29. The van der Waals surface area contributed by atoms with E-state index in [1.165, 1.54) is 40.8 Å². The molecule has 0 aliphatic carbocycles. The lowest BCUT2D eigenvalue weighted by molar-refractivity contribution is 0.102. The summed E-state index contributed by atoms with van der Waals surface area (Å²) >= 11 is 5.68. The summed E-state index contributed by atoms with van der Waals surface area (Å²) in [6, 6.07) is 6.77. The standard InChI is InChI=1S/C16H16ClN3O4S/c17-15-6-3-11(10-18-15)16(22)19-13-9-12(4-5-14(13)21)25(23,24)20-7-1-2-8-20/h3-6,9-10,21H,1-2,7-8H2,(H,19,22). The fraction of sp³-hybridized carbons (Fsp3) is 0.250. The molecular formula is C16H16ClN3O4S. The highest BCUT2D eigenvalue weighted by atomic mass is 35.5. The van der Waals surface area contributed by atoms with E-state index in [2.05, 4.69) is 10.3 Å². The van der Waals surface area contributed by atoms with Gasteiger partial charge in [-0.25, -0.2) is 13.4 Å². The maximum absolute atomic E-state index is 12.6. The number of nitrogens with zero attached hydrogens (tertiary/aromatic N) is 2. The van der Waals surface area contributed by atoms with Gasteiger partial charge >= 0.3 is 0 Å². The van der Waals surface area contributed by atoms with Crippen molar-refractivity contribution in [2.24, 2.45) is 0 Å². The summed E-state index contributed by atoms with van der Waals surface area (Å²) < 4.78 is 26.6. The molecular weight excluding hydrogens is 366 g/mol. The van der Waals surface area contributed by atoms with Crippen molar-refractivity contribution in [2.75, 3.05) is 18.4 Å². The first-order chi connectivity index (χ1) is 11.9. The summed E-state index contributed by atoms with van der Waals surface area (Å²) in [6.07, 6.45) is 2.94. The van der Waals surface area contributed by atoms with Crippen molar-refractivity contribution in [3.8, 4) is 5.75 Å². The van der Waals surface area contributed by atoms with E-state index in [0.29, 0.717) is 13.1 Å². The fourth-order valence-corrected chi connectivity index (χ4v) is 4.21. The number of hydrogen-bond acceptors (Lipinski definition) is 5. The Morgan fingerprint density at radius 1 is 1.20 bits per heavy atom. The largest absolute Gasteiger partial charge is 0.506 e. The van der Waals surface area contributed by atoms with Gasteiger partial charge in [-0.2, -0.15) is 4.31 Å². The molecule has 0 unspecified atom stereocenters. The average Bonchev–Trinajstić information content (AvgIpc) is 3.12. The Bertz CT molecular complexity index is 894. The fourth-order valence-electron chi connectivity index (χ4n) is 2.56. The molecule has 2 aromatic rings. The first-order valence-corrected chi connectivity index (χ1v) is 9.46. The molecule has 1 aliphatic heterocycles. The number of amides is 1. The van der Waals surface area contributed by atoms with E-state index in [1.54, 1.807) is 0 Å². The van der Waals surface area contributed by atoms with Crippen molar-refractivity contribution >= 4 is 33.2 Å². The van der Waals surface area contributed by atoms with Gasteiger partial charge in [-0.1, -0.05) is 11.6 Å². The van der Waals surface area contributed by atoms with Crippen molar-refractivity contribution in [1.82, 2.24) is 9.29 Å². The SMILES string of the molecule is O=C(Nc1cc(S(=O)(=O)N2CCCC2)ccc1O)c1ccc(Cl)nc1. The van der Waals surface area contributed by atoms with E-state index in [1.807, 2.05) is 0 Å². The number of nitrogens with one attached hydrogen (secondary N) is 1. The zero-order chi connectivity index (χ0) is 18.0. The molecule has 3 rings (SSSR count). The van der Waals surface area contributed by atoms with Crippen LogP contribution in [-0.2, 0) is 10.0 Å². The van der Waals surface area contributed by atoms with Crippen LogP contribution in [0.5, 0.6) is 5.75 Å². The Morgan fingerprint density at radius 3 is 2.56 bits per heavy atom. The van der Waals surface area contributed by atoms with Crippen LogP contribution in [0.15, 0.2) is 41.4 Å². The maximum Gasteiger partial charge on any atom is 0.257 e. The van der Waals surface area contributed by atoms with Crippen LogP contribution in [0.25, 0.3) is 0 Å². The van der Waals surface area contributed by atoms with E-state index >= 15 is 0 Å². The van der Waals surface area contributed by atoms with Crippen LogP contribution in [0.4, 0.5) is 5.69 Å². The predicted octanol–water partition coefficient (Wildman–Crippen LogP) is 2.48. The maximum atomic E-state index is 12.6. The predicted molar refractivity (Wildman–Crippen MR) is 93.3 cm³/mol. The smallest absolute Gasteiger partial charge is 0.257 e. The number of hydrogen-bond donors (Lipinski definition) is 2. The summed E-state index contributed by atoms with van der Waals surface area (Å²) in [5.41, 5.74) is 0.247. The number of anilines is 1. The number of pyridine rings is 1. The van der Waals surface area contributed by atoms with Crippen LogP contribution in [0.1, 0.15) is 23.2 Å². The molecule has 2 heterocycles. The summed E-state index contributed by atoms with van der Waals surface area (Å²) in [5.74, 6) is -0.758. The Labute approximate surface area is 150 Å². The lowest BCUT2D eigenvalue weighted by Gasteiger charge is -2.16. The van der Waals surface area contributed by atoms with Gasteiger partial charge in [0.2, 0.25) is 10.0 Å². The molecule has 0 radical (unpaired) electrons. The van der Waals surface area contributed by atoms with Gasteiger partial charge in [0.25, 0.3) is 5.91 Å². The van der Waals surface area contributed by atoms with Crippen molar-refractivity contribution in [3.63, 3.8) is 0 Å². The normalized spacial score (nSPS) is 15.2. The van der Waals surface area contributed by atoms with E-state index in [-0.39, 0.29) is 27.0 Å². The van der Waals surface area contributed by atoms with Crippen molar-refractivity contribution < 1.29 is 18.3 Å². The number of rotatable bonds is 4. The molecule has 2 N–H and O–H groups in total. The Morgan fingerprint density at radius 2 is 1.92 bits per heavy atom. The molecule has 1 aliphatic rings. The zero-order valence-corrected chi connectivity index (χ0v) is 14.7. The molecule has 1 saturated heterocycles. The van der Waals surface area contributed by atoms with Gasteiger partial charge in [0.1, 0.15) is 10.9 Å². The second-order valence-electron chi connectivity index (χ2n) is 5.61. The lowest BCUT2D eigenvalue weighted by atomic mass is 10.2. The minimum absolute atomic E-state index is 0.0141. The van der Waals surface area contributed by atoms with E-state index in [0.717, 1.165) is 12.8 Å². The molecule has 7 nitrogen and oxygen atoms in total. The van der Waals surface area contributed by atoms with Crippen LogP contribution in [0.3, 0.4) is 0 Å². The molecule has 0 atom stereocenters. The summed E-state index contributed by atoms with van der Waals surface area (Å²) in [4.78, 5) is 16.1. The summed E-state index contributed by atoms with van der Waals surface area (Å²) in [5, 5.41) is 12.7. The van der Waals surface area contributed by atoms with E-state index in [9.17, 15) is 18.3 Å². The number of sulfonamides is 1. The molecule has 0 saturated carbocycles. The monoisotopic (exact) mass is 381 g/mol. The van der Waals surface area contributed by atoms with Gasteiger partial charge in [0.05, 0.1) is 16.1 Å². The molecule has 25 heavy (non-hydrogen) atoms. The van der Waals surface area contributed by atoms with Gasteiger partial charge in [-0.05, 0) is 43.2 Å². The third-order valence-corrected chi connectivity index (χ3v) is 6.03. The van der Waals surface area contributed by atoms with Crippen molar-refractivity contribution in [2.45, 2.75) is 17.7 Å². The molecule has 1 fully saturated rings. The molecule has 1 aromatic carbocycles. The van der Waals surface area contributed by atoms with Crippen LogP contribution in [-0.4, -0.2) is 41.8 Å². The number of carbonyl (C=O) groups excluding carboxylic acids is 1. The molecule has 0 spiro atoms. The van der Waals surface area contributed by atoms with Crippen molar-refractivity contribution in [3.05, 3.63) is 47.2 Å². The van der Waals surface area contributed by atoms with Crippen LogP contribution >= 0.6 is 11.6 Å². The summed E-state index contributed by atoms with van der Waals surface area (Å²) in [7, 11) is -3.64. The van der Waals surface area contributed by atoms with Gasteiger partial charge in [-0.3, -0.25) is 4.79 Å². The first-order valence-electron chi connectivity index (χ1n) is 7.64. The average molecular weight is 382 g/mol. The second kappa shape index (κ2) is 6.99. The highest BCUT2D eigenvalue weighted by Gasteiger charge is 2.28. The highest BCUT2D eigenvalue weighted by molar-refractivity contribution is 7.89. The minimum Gasteiger partial charge on any atom is -0.506 e. The molecule has 1 amide bonds. The number of aromatic nitrogens is 1. The topological polar surface area (TPSA) is 99.6 Å². The third-order valence-electron chi connectivity index (χ3n) is 3.91. The summed E-state index contributed by atoms with van der Waals surface area (Å²) in [6.45, 7) is 0.947. The Kier molecular flexibility index (Phi) is 4.94. The molecule has 9 heteroatoms. The number of halogens is 1. The number of phenolic OH excluding ortho intramolecular Hbond substituents is 1. The number of benzene rings is 1. The zero-order valence-electron chi connectivity index (χ0n) is 13.1. The van der Waals surface area contributed by atoms with Crippen LogP contribution in [0, 0.1) is 0 Å². The number of aromatic hydroxyl groups is 1. The van der Waals surface area contributed by atoms with E-state index in [4.69, 9.17) is 11.6 Å². The van der Waals surface area contributed by atoms with Crippen LogP contribution in [0.2, 0.25) is 5.15 Å². The number of phenols is 1. The van der Waals surface area contributed by atoms with Crippen molar-refractivity contribution in [1.29, 1.82) is 0 Å². The quantitative estimate of drug-likeness (QED) is 0.626. The van der Waals surface area contributed by atoms with Gasteiger partial charge in [0, 0.05) is 19.3 Å². The number of carbonyl (C=O) groups is 1. The molecule has 0 bridgehead atoms. The second-order valence-corrected chi connectivity index (χ2v) is 7.94. The molecule has 132 valence electrons. The van der Waals surface area contributed by atoms with Crippen LogP contribution < -0.4 is 5.32 Å². The van der Waals surface area contributed by atoms with E-state index < -0.39 is 15.9 Å². The van der Waals surface area contributed by atoms with Gasteiger partial charge in [-0.15, -0.1) is 0 Å². The van der Waals surface area contributed by atoms with Gasteiger partial charge < -0.3 is 10.4 Å². The Balaban J connectivity index is 1.87. The minimum atomic E-state index is -3.64. The Hall–Kier alpha value is -2.16.